The predicted molar refractivity (Wildman–Crippen MR) is 92.4 cm³/mol. The van der Waals surface area contributed by atoms with Crippen molar-refractivity contribution in [2.45, 2.75) is 18.9 Å². The van der Waals surface area contributed by atoms with Crippen LogP contribution in [-0.2, 0) is 12.8 Å². The van der Waals surface area contributed by atoms with Crippen LogP contribution in [0, 0.1) is 0 Å². The first-order chi connectivity index (χ1) is 11.2. The van der Waals surface area contributed by atoms with Crippen molar-refractivity contribution in [1.29, 1.82) is 0 Å². The van der Waals surface area contributed by atoms with Gasteiger partial charge in [-0.3, -0.25) is 0 Å². The van der Waals surface area contributed by atoms with Gasteiger partial charge in [-0.15, -0.1) is 0 Å². The number of nitrogens with one attached hydrogen (secondary N) is 1. The number of halogens is 1. The summed E-state index contributed by atoms with van der Waals surface area (Å²) >= 11 is 6.08. The van der Waals surface area contributed by atoms with Crippen molar-refractivity contribution in [3.05, 3.63) is 58.9 Å². The largest absolute Gasteiger partial charge is 0.497 e. The number of benzene rings is 2. The summed E-state index contributed by atoms with van der Waals surface area (Å²) in [4.78, 5) is 8.68. The SMILES string of the molecule is COc1ccc2nc(Cl)nc(NC3Cc4ccccc4C3)c2c1. The molecule has 0 bridgehead atoms. The summed E-state index contributed by atoms with van der Waals surface area (Å²) in [5.41, 5.74) is 3.60. The lowest BCUT2D eigenvalue weighted by Gasteiger charge is -2.15. The lowest BCUT2D eigenvalue weighted by atomic mass is 10.1. The summed E-state index contributed by atoms with van der Waals surface area (Å²) < 4.78 is 5.31. The molecule has 1 N–H and O–H groups in total. The molecule has 1 heterocycles. The minimum Gasteiger partial charge on any atom is -0.497 e. The van der Waals surface area contributed by atoms with E-state index < -0.39 is 0 Å². The molecule has 3 aromatic rings. The molecule has 4 nitrogen and oxygen atoms in total. The maximum atomic E-state index is 6.08. The van der Waals surface area contributed by atoms with Gasteiger partial charge in [-0.2, -0.15) is 0 Å². The second-order valence-corrected chi connectivity index (χ2v) is 6.08. The van der Waals surface area contributed by atoms with E-state index >= 15 is 0 Å². The molecule has 23 heavy (non-hydrogen) atoms. The Morgan fingerprint density at radius 2 is 1.83 bits per heavy atom. The van der Waals surface area contributed by atoms with Gasteiger partial charge in [0, 0.05) is 11.4 Å². The van der Waals surface area contributed by atoms with Crippen molar-refractivity contribution in [3.63, 3.8) is 0 Å². The van der Waals surface area contributed by atoms with Gasteiger partial charge in [0.15, 0.2) is 0 Å². The summed E-state index contributed by atoms with van der Waals surface area (Å²) in [6.45, 7) is 0. The van der Waals surface area contributed by atoms with E-state index in [1.54, 1.807) is 7.11 Å². The lowest BCUT2D eigenvalue weighted by Crippen LogP contribution is -2.20. The predicted octanol–water partition coefficient (Wildman–Crippen LogP) is 3.87. The van der Waals surface area contributed by atoms with Gasteiger partial charge >= 0.3 is 0 Å². The third-order valence-corrected chi connectivity index (χ3v) is 4.44. The maximum absolute atomic E-state index is 6.08. The number of anilines is 1. The number of aromatic nitrogens is 2. The number of ether oxygens (including phenoxy) is 1. The molecular weight excluding hydrogens is 310 g/mol. The molecule has 1 aromatic heterocycles. The fourth-order valence-electron chi connectivity index (χ4n) is 3.17. The molecule has 0 unspecified atom stereocenters. The van der Waals surface area contributed by atoms with Crippen LogP contribution in [0.4, 0.5) is 5.82 Å². The zero-order valence-corrected chi connectivity index (χ0v) is 13.5. The molecule has 2 aromatic carbocycles. The minimum atomic E-state index is 0.251. The molecule has 0 fully saturated rings. The fraction of sp³-hybridized carbons (Fsp3) is 0.222. The Morgan fingerprint density at radius 3 is 2.52 bits per heavy atom. The van der Waals surface area contributed by atoms with Gasteiger partial charge in [0.1, 0.15) is 11.6 Å². The van der Waals surface area contributed by atoms with Crippen LogP contribution in [-0.4, -0.2) is 23.1 Å². The molecule has 0 amide bonds. The van der Waals surface area contributed by atoms with E-state index in [0.29, 0.717) is 6.04 Å². The third-order valence-electron chi connectivity index (χ3n) is 4.27. The van der Waals surface area contributed by atoms with Gasteiger partial charge in [-0.05, 0) is 53.8 Å². The summed E-state index contributed by atoms with van der Waals surface area (Å²) in [7, 11) is 1.65. The molecule has 0 radical (unpaired) electrons. The zero-order chi connectivity index (χ0) is 15.8. The topological polar surface area (TPSA) is 47.0 Å². The highest BCUT2D eigenvalue weighted by atomic mass is 35.5. The van der Waals surface area contributed by atoms with E-state index in [4.69, 9.17) is 16.3 Å². The Bertz CT molecular complexity index is 856. The molecule has 0 saturated heterocycles. The van der Waals surface area contributed by atoms with E-state index in [9.17, 15) is 0 Å². The van der Waals surface area contributed by atoms with Crippen LogP contribution in [0.3, 0.4) is 0 Å². The number of hydrogen-bond acceptors (Lipinski definition) is 4. The first-order valence-electron chi connectivity index (χ1n) is 7.57. The highest BCUT2D eigenvalue weighted by Gasteiger charge is 2.22. The normalized spacial score (nSPS) is 14.0. The molecule has 5 heteroatoms. The quantitative estimate of drug-likeness (QED) is 0.743. The van der Waals surface area contributed by atoms with Crippen LogP contribution >= 0.6 is 11.6 Å². The van der Waals surface area contributed by atoms with Crippen molar-refractivity contribution >= 4 is 28.3 Å². The standard InChI is InChI=1S/C18H16ClN3O/c1-23-14-6-7-16-15(10-14)17(22-18(19)21-16)20-13-8-11-4-2-3-5-12(11)9-13/h2-7,10,13H,8-9H2,1H3,(H,20,21,22). The third kappa shape index (κ3) is 2.70. The Balaban J connectivity index is 1.69. The molecule has 1 aliphatic rings. The highest BCUT2D eigenvalue weighted by Crippen LogP contribution is 2.29. The van der Waals surface area contributed by atoms with Gasteiger partial charge in [-0.1, -0.05) is 24.3 Å². The number of fused-ring (bicyclic) bond motifs is 2. The second-order valence-electron chi connectivity index (χ2n) is 5.74. The van der Waals surface area contributed by atoms with Crippen LogP contribution in [0.25, 0.3) is 10.9 Å². The van der Waals surface area contributed by atoms with E-state index in [1.165, 1.54) is 11.1 Å². The van der Waals surface area contributed by atoms with Crippen molar-refractivity contribution in [2.75, 3.05) is 12.4 Å². The van der Waals surface area contributed by atoms with E-state index in [-0.39, 0.29) is 5.28 Å². The Labute approximate surface area is 139 Å². The molecule has 0 saturated carbocycles. The summed E-state index contributed by atoms with van der Waals surface area (Å²) in [5.74, 6) is 1.54. The molecule has 1 aliphatic carbocycles. The number of hydrogen-bond donors (Lipinski definition) is 1. The number of nitrogens with zero attached hydrogens (tertiary/aromatic N) is 2. The molecule has 0 aliphatic heterocycles. The van der Waals surface area contributed by atoms with Gasteiger partial charge in [0.05, 0.1) is 12.6 Å². The fourth-order valence-corrected chi connectivity index (χ4v) is 3.35. The van der Waals surface area contributed by atoms with E-state index in [0.717, 1.165) is 35.3 Å². The Kier molecular flexibility index (Phi) is 3.54. The molecule has 116 valence electrons. The van der Waals surface area contributed by atoms with Crippen molar-refractivity contribution in [2.24, 2.45) is 0 Å². The molecular formula is C18H16ClN3O. The minimum absolute atomic E-state index is 0.251. The molecule has 0 spiro atoms. The van der Waals surface area contributed by atoms with Crippen LogP contribution in [0.1, 0.15) is 11.1 Å². The molecule has 0 atom stereocenters. The first kappa shape index (κ1) is 14.3. The maximum Gasteiger partial charge on any atom is 0.224 e. The number of methoxy groups -OCH3 is 1. The van der Waals surface area contributed by atoms with Crippen LogP contribution in [0.2, 0.25) is 5.28 Å². The summed E-state index contributed by atoms with van der Waals surface area (Å²) in [6, 6.07) is 14.6. The number of rotatable bonds is 3. The zero-order valence-electron chi connectivity index (χ0n) is 12.7. The molecule has 4 rings (SSSR count). The van der Waals surface area contributed by atoms with Gasteiger partial charge in [0.2, 0.25) is 5.28 Å². The first-order valence-corrected chi connectivity index (χ1v) is 7.95. The average Bonchev–Trinajstić information content (AvgIpc) is 2.96. The smallest absolute Gasteiger partial charge is 0.224 e. The van der Waals surface area contributed by atoms with Crippen molar-refractivity contribution in [1.82, 2.24) is 9.97 Å². The van der Waals surface area contributed by atoms with Gasteiger partial charge < -0.3 is 10.1 Å². The van der Waals surface area contributed by atoms with Gasteiger partial charge in [-0.25, -0.2) is 9.97 Å². The second kappa shape index (κ2) is 5.70. The average molecular weight is 326 g/mol. The van der Waals surface area contributed by atoms with Gasteiger partial charge in [0.25, 0.3) is 0 Å². The van der Waals surface area contributed by atoms with Crippen LogP contribution in [0.5, 0.6) is 5.75 Å². The Hall–Kier alpha value is -2.33. The monoisotopic (exact) mass is 325 g/mol. The summed E-state index contributed by atoms with van der Waals surface area (Å²) in [5, 5.41) is 4.70. The van der Waals surface area contributed by atoms with E-state index in [1.807, 2.05) is 18.2 Å². The Morgan fingerprint density at radius 1 is 1.09 bits per heavy atom. The lowest BCUT2D eigenvalue weighted by molar-refractivity contribution is 0.415. The highest BCUT2D eigenvalue weighted by molar-refractivity contribution is 6.28. The van der Waals surface area contributed by atoms with E-state index in [2.05, 4.69) is 39.6 Å². The van der Waals surface area contributed by atoms with Crippen LogP contribution < -0.4 is 10.1 Å². The summed E-state index contributed by atoms with van der Waals surface area (Å²) in [6.07, 6.45) is 1.98. The van der Waals surface area contributed by atoms with Crippen LogP contribution in [0.15, 0.2) is 42.5 Å². The van der Waals surface area contributed by atoms with Crippen molar-refractivity contribution in [3.8, 4) is 5.75 Å². The van der Waals surface area contributed by atoms with Crippen molar-refractivity contribution < 1.29 is 4.74 Å².